The van der Waals surface area contributed by atoms with Crippen molar-refractivity contribution in [3.8, 4) is 0 Å². The molecule has 5 nitrogen and oxygen atoms in total. The Hall–Kier alpha value is -1.79. The van der Waals surface area contributed by atoms with E-state index in [0.717, 1.165) is 4.88 Å². The highest BCUT2D eigenvalue weighted by molar-refractivity contribution is 7.16. The molecule has 1 N–H and O–H groups in total. The minimum atomic E-state index is -1.03. The number of carboxylic acid groups (broad SMARTS) is 1. The van der Waals surface area contributed by atoms with Crippen LogP contribution in [-0.4, -0.2) is 28.9 Å². The lowest BCUT2D eigenvalue weighted by molar-refractivity contribution is -0.130. The number of amides is 1. The van der Waals surface area contributed by atoms with E-state index in [1.807, 2.05) is 12.1 Å². The monoisotopic (exact) mass is 341 g/mol. The van der Waals surface area contributed by atoms with Crippen molar-refractivity contribution in [3.63, 3.8) is 0 Å². The van der Waals surface area contributed by atoms with Crippen molar-refractivity contribution in [2.45, 2.75) is 26.3 Å². The van der Waals surface area contributed by atoms with Gasteiger partial charge in [0.25, 0.3) is 0 Å². The largest absolute Gasteiger partial charge is 0.478 e. The van der Waals surface area contributed by atoms with Crippen LogP contribution >= 0.6 is 22.9 Å². The first-order valence-corrected chi connectivity index (χ1v) is 7.87. The maximum atomic E-state index is 12.1. The number of carboxylic acids is 1. The summed E-state index contributed by atoms with van der Waals surface area (Å²) in [5, 5.41) is 8.98. The Labute approximate surface area is 137 Å². The van der Waals surface area contributed by atoms with Crippen molar-refractivity contribution < 1.29 is 19.1 Å². The van der Waals surface area contributed by atoms with Gasteiger partial charge in [-0.1, -0.05) is 11.6 Å². The zero-order chi connectivity index (χ0) is 16.3. The van der Waals surface area contributed by atoms with Crippen LogP contribution in [0.25, 0.3) is 0 Å². The fourth-order valence-electron chi connectivity index (χ4n) is 2.06. The quantitative estimate of drug-likeness (QED) is 0.871. The van der Waals surface area contributed by atoms with Crippen LogP contribution in [0.15, 0.2) is 22.6 Å². The Balaban J connectivity index is 1.90. The molecular weight excluding hydrogens is 326 g/mol. The van der Waals surface area contributed by atoms with Gasteiger partial charge in [-0.3, -0.25) is 4.79 Å². The normalized spacial score (nSPS) is 10.7. The number of rotatable bonds is 6. The average Bonchev–Trinajstić information content (AvgIpc) is 3.02. The molecule has 0 aliphatic carbocycles. The van der Waals surface area contributed by atoms with Crippen LogP contribution in [0.5, 0.6) is 0 Å². The number of hydrogen-bond acceptors (Lipinski definition) is 4. The van der Waals surface area contributed by atoms with Crippen LogP contribution in [0.1, 0.15) is 33.2 Å². The van der Waals surface area contributed by atoms with Crippen molar-refractivity contribution in [2.24, 2.45) is 0 Å². The molecule has 2 heterocycles. The van der Waals surface area contributed by atoms with Crippen molar-refractivity contribution in [1.29, 1.82) is 0 Å². The molecule has 2 aromatic heterocycles. The Bertz CT molecular complexity index is 692. The predicted molar refractivity (Wildman–Crippen MR) is 84.5 cm³/mol. The Morgan fingerprint density at radius 1 is 1.41 bits per heavy atom. The van der Waals surface area contributed by atoms with E-state index < -0.39 is 5.97 Å². The minimum Gasteiger partial charge on any atom is -0.478 e. The smallest absolute Gasteiger partial charge is 0.339 e. The second-order valence-electron chi connectivity index (χ2n) is 4.94. The molecule has 0 saturated carbocycles. The summed E-state index contributed by atoms with van der Waals surface area (Å²) in [6, 6.07) is 5.19. The van der Waals surface area contributed by atoms with E-state index in [-0.39, 0.29) is 18.0 Å². The van der Waals surface area contributed by atoms with Gasteiger partial charge in [0, 0.05) is 18.3 Å². The summed E-state index contributed by atoms with van der Waals surface area (Å²) >= 11 is 7.32. The highest BCUT2D eigenvalue weighted by Crippen LogP contribution is 2.23. The van der Waals surface area contributed by atoms with Gasteiger partial charge in [0.2, 0.25) is 5.91 Å². The van der Waals surface area contributed by atoms with Crippen LogP contribution in [0.3, 0.4) is 0 Å². The van der Waals surface area contributed by atoms with Gasteiger partial charge in [0.15, 0.2) is 0 Å². The molecule has 1 amide bonds. The zero-order valence-electron chi connectivity index (χ0n) is 12.3. The number of hydrogen-bond donors (Lipinski definition) is 1. The topological polar surface area (TPSA) is 70.8 Å². The number of carbonyl (C=O) groups is 2. The number of carbonyl (C=O) groups excluding carboxylic acids is 1. The summed E-state index contributed by atoms with van der Waals surface area (Å²) in [5.74, 6) is -0.256. The van der Waals surface area contributed by atoms with Crippen LogP contribution in [-0.2, 0) is 17.8 Å². The summed E-state index contributed by atoms with van der Waals surface area (Å²) in [6.07, 6.45) is 1.01. The lowest BCUT2D eigenvalue weighted by Gasteiger charge is -2.15. The molecule has 0 aliphatic heterocycles. The molecule has 0 saturated heterocycles. The molecule has 2 rings (SSSR count). The molecule has 118 valence electrons. The molecule has 0 aliphatic rings. The fraction of sp³-hybridized carbons (Fsp3) is 0.333. The first-order chi connectivity index (χ1) is 10.4. The van der Waals surface area contributed by atoms with Gasteiger partial charge in [-0.15, -0.1) is 11.3 Å². The molecule has 0 radical (unpaired) electrons. The van der Waals surface area contributed by atoms with E-state index >= 15 is 0 Å². The first kappa shape index (κ1) is 16.6. The van der Waals surface area contributed by atoms with Crippen molar-refractivity contribution >= 4 is 34.8 Å². The second kappa shape index (κ2) is 6.98. The number of aromatic carboxylic acids is 1. The van der Waals surface area contributed by atoms with Gasteiger partial charge < -0.3 is 14.4 Å². The molecule has 0 fully saturated rings. The summed E-state index contributed by atoms with van der Waals surface area (Å²) in [6.45, 7) is 1.84. The van der Waals surface area contributed by atoms with Crippen LogP contribution in [0, 0.1) is 6.92 Å². The lowest BCUT2D eigenvalue weighted by Crippen LogP contribution is -2.26. The van der Waals surface area contributed by atoms with Gasteiger partial charge in [-0.2, -0.15) is 0 Å². The molecule has 0 spiro atoms. The van der Waals surface area contributed by atoms with Gasteiger partial charge in [0.05, 0.1) is 10.9 Å². The maximum Gasteiger partial charge on any atom is 0.339 e. The summed E-state index contributed by atoms with van der Waals surface area (Å²) in [7, 11) is 1.67. The minimum absolute atomic E-state index is 0.0320. The van der Waals surface area contributed by atoms with Gasteiger partial charge in [0.1, 0.15) is 17.1 Å². The zero-order valence-corrected chi connectivity index (χ0v) is 13.8. The molecule has 0 atom stereocenters. The van der Waals surface area contributed by atoms with Crippen LogP contribution < -0.4 is 0 Å². The standard InChI is InChI=1S/C15H16ClNO4S/c1-9-12(15(19)20)7-10(21-9)8-17(2)14(18)6-4-11-3-5-13(16)22-11/h3,5,7H,4,6,8H2,1-2H3,(H,19,20). The highest BCUT2D eigenvalue weighted by Gasteiger charge is 2.17. The van der Waals surface area contributed by atoms with Crippen LogP contribution in [0.4, 0.5) is 0 Å². The van der Waals surface area contributed by atoms with Gasteiger partial charge in [-0.05, 0) is 31.5 Å². The van der Waals surface area contributed by atoms with Crippen LogP contribution in [0.2, 0.25) is 4.34 Å². The van der Waals surface area contributed by atoms with E-state index in [0.29, 0.717) is 28.7 Å². The lowest BCUT2D eigenvalue weighted by atomic mass is 10.2. The SMILES string of the molecule is Cc1oc(CN(C)C(=O)CCc2ccc(Cl)s2)cc1C(=O)O. The number of thiophene rings is 1. The molecule has 0 aromatic carbocycles. The fourth-order valence-corrected chi connectivity index (χ4v) is 3.15. The van der Waals surface area contributed by atoms with E-state index in [1.165, 1.54) is 22.3 Å². The summed E-state index contributed by atoms with van der Waals surface area (Å²) in [4.78, 5) is 25.6. The number of aryl methyl sites for hydroxylation is 2. The summed E-state index contributed by atoms with van der Waals surface area (Å²) in [5.41, 5.74) is 0.129. The Morgan fingerprint density at radius 2 is 2.14 bits per heavy atom. The second-order valence-corrected chi connectivity index (χ2v) is 6.74. The molecule has 22 heavy (non-hydrogen) atoms. The van der Waals surface area contributed by atoms with E-state index in [9.17, 15) is 9.59 Å². The molecule has 2 aromatic rings. The number of furan rings is 1. The Kier molecular flexibility index (Phi) is 5.26. The number of nitrogens with zero attached hydrogens (tertiary/aromatic N) is 1. The number of halogens is 1. The van der Waals surface area contributed by atoms with E-state index in [4.69, 9.17) is 21.1 Å². The third kappa shape index (κ3) is 4.11. The molecular formula is C15H16ClNO4S. The average molecular weight is 342 g/mol. The van der Waals surface area contributed by atoms with Crippen molar-refractivity contribution in [1.82, 2.24) is 4.90 Å². The van der Waals surface area contributed by atoms with Gasteiger partial charge >= 0.3 is 5.97 Å². The first-order valence-electron chi connectivity index (χ1n) is 6.67. The highest BCUT2D eigenvalue weighted by atomic mass is 35.5. The maximum absolute atomic E-state index is 12.1. The predicted octanol–water partition coefficient (Wildman–Crippen LogP) is 3.59. The molecule has 0 bridgehead atoms. The Morgan fingerprint density at radius 3 is 2.68 bits per heavy atom. The third-order valence-corrected chi connectivity index (χ3v) is 4.52. The van der Waals surface area contributed by atoms with E-state index in [2.05, 4.69) is 0 Å². The van der Waals surface area contributed by atoms with Gasteiger partial charge in [-0.25, -0.2) is 4.79 Å². The summed E-state index contributed by atoms with van der Waals surface area (Å²) < 4.78 is 6.08. The molecule has 0 unspecified atom stereocenters. The van der Waals surface area contributed by atoms with Crippen molar-refractivity contribution in [2.75, 3.05) is 7.05 Å². The third-order valence-electron chi connectivity index (χ3n) is 3.23. The molecule has 7 heteroatoms. The van der Waals surface area contributed by atoms with E-state index in [1.54, 1.807) is 14.0 Å². The van der Waals surface area contributed by atoms with Crippen molar-refractivity contribution in [3.05, 3.63) is 44.5 Å².